The number of nitrogen functional groups attached to an aromatic ring is 1. The summed E-state index contributed by atoms with van der Waals surface area (Å²) in [4.78, 5) is 11.1. The lowest BCUT2D eigenvalue weighted by atomic mass is 10.0. The van der Waals surface area contributed by atoms with Crippen LogP contribution in [0.3, 0.4) is 0 Å². The van der Waals surface area contributed by atoms with Crippen molar-refractivity contribution in [2.75, 3.05) is 5.73 Å². The number of ether oxygens (including phenoxy) is 1. The van der Waals surface area contributed by atoms with E-state index in [-0.39, 0.29) is 23.4 Å². The van der Waals surface area contributed by atoms with Crippen LogP contribution >= 0.6 is 0 Å². The zero-order valence-electron chi connectivity index (χ0n) is 10.3. The number of nitrogens with zero attached hydrogens (tertiary/aromatic N) is 4. The molecule has 8 heteroatoms. The van der Waals surface area contributed by atoms with Gasteiger partial charge in [-0.05, 0) is 6.92 Å². The van der Waals surface area contributed by atoms with Crippen LogP contribution in [0.4, 0.5) is 10.2 Å². The third-order valence-electron chi connectivity index (χ3n) is 3.29. The summed E-state index contributed by atoms with van der Waals surface area (Å²) < 4.78 is 20.3. The largest absolute Gasteiger partial charge is 0.389 e. The van der Waals surface area contributed by atoms with Crippen molar-refractivity contribution in [2.24, 2.45) is 0 Å². The second-order valence-electron chi connectivity index (χ2n) is 4.56. The van der Waals surface area contributed by atoms with Crippen LogP contribution < -0.4 is 5.73 Å². The molecule has 3 atom stereocenters. The molecule has 3 rings (SSSR count). The molecule has 3 N–H and O–H groups in total. The molecule has 3 heterocycles. The normalized spacial score (nSPS) is 29.7. The van der Waals surface area contributed by atoms with Crippen molar-refractivity contribution >= 4 is 17.0 Å². The molecule has 0 aromatic carbocycles. The number of halogens is 1. The average molecular weight is 276 g/mol. The van der Waals surface area contributed by atoms with Crippen molar-refractivity contribution < 1.29 is 14.2 Å². The average Bonchev–Trinajstić information content (AvgIpc) is 2.92. The minimum atomic E-state index is -1.35. The van der Waals surface area contributed by atoms with E-state index < -0.39 is 24.0 Å². The molecule has 0 amide bonds. The second kappa shape index (κ2) is 4.13. The Morgan fingerprint density at radius 3 is 3.05 bits per heavy atom. The Balaban J connectivity index is 2.07. The number of aliphatic hydroxyl groups excluding tert-OH is 1. The fourth-order valence-corrected chi connectivity index (χ4v) is 2.17. The smallest absolute Gasteiger partial charge is 0.312 e. The topological polar surface area (TPSA) is 99.1 Å². The molecule has 0 spiro atoms. The maximum absolute atomic E-state index is 13.3. The van der Waals surface area contributed by atoms with E-state index >= 15 is 0 Å². The molecule has 103 valence electrons. The first-order valence-corrected chi connectivity index (χ1v) is 5.79. The highest BCUT2D eigenvalue weighted by Crippen LogP contribution is 2.37. The molecule has 1 aliphatic rings. The number of fused-ring (bicyclic) bond motifs is 1. The minimum absolute atomic E-state index is 0.0670. The summed E-state index contributed by atoms with van der Waals surface area (Å²) in [6, 6.07) is 0. The zero-order chi connectivity index (χ0) is 14.5. The van der Waals surface area contributed by atoms with Gasteiger partial charge in [-0.2, -0.15) is 14.4 Å². The van der Waals surface area contributed by atoms with Gasteiger partial charge in [-0.3, -0.25) is 4.57 Å². The molecule has 2 aromatic heterocycles. The lowest BCUT2D eigenvalue weighted by Crippen LogP contribution is -2.34. The first-order chi connectivity index (χ1) is 9.44. The Kier molecular flexibility index (Phi) is 2.64. The van der Waals surface area contributed by atoms with Crippen molar-refractivity contribution in [2.45, 2.75) is 24.4 Å². The molecule has 0 saturated carbocycles. The highest BCUT2D eigenvalue weighted by Gasteiger charge is 2.44. The Bertz CT molecular complexity index is 724. The molecular weight excluding hydrogens is 265 g/mol. The van der Waals surface area contributed by atoms with Crippen LogP contribution in [0, 0.1) is 25.3 Å². The second-order valence-corrected chi connectivity index (χ2v) is 4.56. The molecular formula is C12H11FN5O2. The molecule has 1 radical (unpaired) electrons. The van der Waals surface area contributed by atoms with Crippen LogP contribution in [-0.2, 0) is 4.74 Å². The van der Waals surface area contributed by atoms with Gasteiger partial charge in [0.15, 0.2) is 22.6 Å². The lowest BCUT2D eigenvalue weighted by molar-refractivity contribution is -0.0351. The minimum Gasteiger partial charge on any atom is -0.389 e. The molecule has 0 unspecified atom stereocenters. The number of rotatable bonds is 1. The molecule has 2 aromatic rings. The monoisotopic (exact) mass is 276 g/mol. The van der Waals surface area contributed by atoms with Gasteiger partial charge in [-0.15, -0.1) is 6.42 Å². The fraction of sp³-hybridized carbons (Fsp3) is 0.333. The van der Waals surface area contributed by atoms with E-state index in [0.29, 0.717) is 0 Å². The van der Waals surface area contributed by atoms with Gasteiger partial charge in [0.25, 0.3) is 0 Å². The standard InChI is InChI=1S/C12H11FN5O2/c1-3-12(2)6(19)4-7(20-12)18-5-15-8-9(14)16-11(13)17-10(8)18/h1,5-7,19H,2,4H2,(H2,14,16,17)/t6-,7+,12+/m0/s1. The van der Waals surface area contributed by atoms with Crippen molar-refractivity contribution in [3.8, 4) is 12.3 Å². The van der Waals surface area contributed by atoms with Gasteiger partial charge in [-0.1, -0.05) is 5.92 Å². The summed E-state index contributed by atoms with van der Waals surface area (Å²) in [7, 11) is 0. The highest BCUT2D eigenvalue weighted by atomic mass is 19.1. The van der Waals surface area contributed by atoms with E-state index in [1.165, 1.54) is 10.9 Å². The predicted octanol–water partition coefficient (Wildman–Crippen LogP) is 0.0335. The molecule has 1 saturated heterocycles. The maximum Gasteiger partial charge on any atom is 0.312 e. The number of imidazole rings is 1. The van der Waals surface area contributed by atoms with E-state index in [1.54, 1.807) is 0 Å². The SMILES string of the molecule is C#C[C@@]1([CH2])O[C@@H](n2cnc3c(N)nc(F)nc32)C[C@@H]1O. The van der Waals surface area contributed by atoms with E-state index in [4.69, 9.17) is 16.9 Å². The number of hydrogen-bond acceptors (Lipinski definition) is 6. The van der Waals surface area contributed by atoms with E-state index in [2.05, 4.69) is 27.8 Å². The maximum atomic E-state index is 13.3. The summed E-state index contributed by atoms with van der Waals surface area (Å²) in [6.45, 7) is 3.67. The zero-order valence-corrected chi connectivity index (χ0v) is 10.3. The first kappa shape index (κ1) is 12.8. The number of anilines is 1. The molecule has 0 bridgehead atoms. The van der Waals surface area contributed by atoms with Crippen LogP contribution in [-0.4, -0.2) is 36.3 Å². The summed E-state index contributed by atoms with van der Waals surface area (Å²) in [5.74, 6) is 2.24. The van der Waals surface area contributed by atoms with Crippen LogP contribution in [0.15, 0.2) is 6.33 Å². The molecule has 20 heavy (non-hydrogen) atoms. The quantitative estimate of drug-likeness (QED) is 0.563. The van der Waals surface area contributed by atoms with E-state index in [1.807, 2.05) is 0 Å². The summed E-state index contributed by atoms with van der Waals surface area (Å²) in [5.41, 5.74) is 4.66. The van der Waals surface area contributed by atoms with Crippen molar-refractivity contribution in [1.29, 1.82) is 0 Å². The summed E-state index contributed by atoms with van der Waals surface area (Å²) in [5, 5.41) is 9.90. The molecule has 7 nitrogen and oxygen atoms in total. The fourth-order valence-electron chi connectivity index (χ4n) is 2.17. The van der Waals surface area contributed by atoms with Gasteiger partial charge in [0.05, 0.1) is 12.4 Å². The number of hydrogen-bond donors (Lipinski definition) is 2. The number of nitrogens with two attached hydrogens (primary N) is 1. The van der Waals surface area contributed by atoms with Crippen molar-refractivity contribution in [1.82, 2.24) is 19.5 Å². The Morgan fingerprint density at radius 2 is 2.40 bits per heavy atom. The number of terminal acetylenes is 1. The van der Waals surface area contributed by atoms with Gasteiger partial charge in [0, 0.05) is 6.42 Å². The molecule has 1 aliphatic heterocycles. The van der Waals surface area contributed by atoms with Gasteiger partial charge >= 0.3 is 6.08 Å². The van der Waals surface area contributed by atoms with Gasteiger partial charge in [0.2, 0.25) is 0 Å². The molecule has 1 fully saturated rings. The van der Waals surface area contributed by atoms with Crippen LogP contribution in [0.5, 0.6) is 0 Å². The van der Waals surface area contributed by atoms with E-state index in [9.17, 15) is 9.50 Å². The summed E-state index contributed by atoms with van der Waals surface area (Å²) >= 11 is 0. The van der Waals surface area contributed by atoms with Gasteiger partial charge in [-0.25, -0.2) is 4.98 Å². The van der Waals surface area contributed by atoms with Crippen molar-refractivity contribution in [3.05, 3.63) is 19.3 Å². The predicted molar refractivity (Wildman–Crippen MR) is 67.4 cm³/mol. The third kappa shape index (κ3) is 1.71. The number of aliphatic hydroxyl groups is 1. The van der Waals surface area contributed by atoms with E-state index in [0.717, 1.165) is 0 Å². The van der Waals surface area contributed by atoms with Crippen LogP contribution in [0.25, 0.3) is 11.2 Å². The Hall–Kier alpha value is -2.24. The first-order valence-electron chi connectivity index (χ1n) is 5.79. The van der Waals surface area contributed by atoms with Gasteiger partial charge < -0.3 is 15.6 Å². The lowest BCUT2D eigenvalue weighted by Gasteiger charge is -2.20. The Morgan fingerprint density at radius 1 is 1.65 bits per heavy atom. The Labute approximate surface area is 113 Å². The number of aromatic nitrogens is 4. The van der Waals surface area contributed by atoms with Crippen LogP contribution in [0.2, 0.25) is 0 Å². The highest BCUT2D eigenvalue weighted by molar-refractivity contribution is 5.81. The van der Waals surface area contributed by atoms with Crippen molar-refractivity contribution in [3.63, 3.8) is 0 Å². The van der Waals surface area contributed by atoms with Gasteiger partial charge in [0.1, 0.15) is 6.23 Å². The summed E-state index contributed by atoms with van der Waals surface area (Å²) in [6.07, 6.45) is 4.31. The molecule has 0 aliphatic carbocycles. The van der Waals surface area contributed by atoms with Crippen LogP contribution in [0.1, 0.15) is 12.6 Å². The third-order valence-corrected chi connectivity index (χ3v) is 3.29.